The lowest BCUT2D eigenvalue weighted by Gasteiger charge is -2.42. The summed E-state index contributed by atoms with van der Waals surface area (Å²) in [5.41, 5.74) is 0. The first-order chi connectivity index (χ1) is 7.35. The van der Waals surface area contributed by atoms with Crippen molar-refractivity contribution in [2.45, 2.75) is 87.5 Å². The molecule has 2 fully saturated rings. The van der Waals surface area contributed by atoms with Crippen molar-refractivity contribution in [3.8, 4) is 0 Å². The zero-order valence-corrected chi connectivity index (χ0v) is 11.1. The molecule has 0 nitrogen and oxygen atoms in total. The van der Waals surface area contributed by atoms with Gasteiger partial charge >= 0.3 is 0 Å². The molecule has 15 heavy (non-hydrogen) atoms. The van der Waals surface area contributed by atoms with E-state index < -0.39 is 0 Å². The largest absolute Gasteiger partial charge is 0.152 e. The molecule has 0 aromatic rings. The molecule has 0 spiro atoms. The standard InChI is InChI=1S/C14H26S/c1-2-3-10-14(11-5-4-6-12-14)15-13-8-7-9-13/h13H,2-12H2,1H3. The normalized spacial score (nSPS) is 26.2. The Bertz CT molecular complexity index is 178. The number of hydrogen-bond donors (Lipinski definition) is 0. The van der Waals surface area contributed by atoms with Gasteiger partial charge in [-0.25, -0.2) is 0 Å². The summed E-state index contributed by atoms with van der Waals surface area (Å²) in [5, 5.41) is 1.04. The third kappa shape index (κ3) is 3.15. The summed E-state index contributed by atoms with van der Waals surface area (Å²) in [5.74, 6) is 0. The van der Waals surface area contributed by atoms with Crippen molar-refractivity contribution in [3.63, 3.8) is 0 Å². The van der Waals surface area contributed by atoms with Gasteiger partial charge in [-0.3, -0.25) is 0 Å². The maximum Gasteiger partial charge on any atom is 0.0162 e. The third-order valence-electron chi connectivity index (χ3n) is 4.22. The Balaban J connectivity index is 1.86. The molecule has 0 saturated heterocycles. The maximum atomic E-state index is 2.39. The van der Waals surface area contributed by atoms with Crippen LogP contribution in [0.2, 0.25) is 0 Å². The molecule has 2 aliphatic carbocycles. The molecule has 0 N–H and O–H groups in total. The second kappa shape index (κ2) is 5.61. The molecular formula is C14H26S. The average Bonchev–Trinajstić information content (AvgIpc) is 2.23. The van der Waals surface area contributed by atoms with Crippen LogP contribution in [0.4, 0.5) is 0 Å². The van der Waals surface area contributed by atoms with Crippen LogP contribution in [0.25, 0.3) is 0 Å². The van der Waals surface area contributed by atoms with E-state index in [0.29, 0.717) is 0 Å². The van der Waals surface area contributed by atoms with Crippen LogP contribution in [-0.4, -0.2) is 10.00 Å². The van der Waals surface area contributed by atoms with Crippen LogP contribution in [0.15, 0.2) is 0 Å². The van der Waals surface area contributed by atoms with Crippen LogP contribution in [0, 0.1) is 0 Å². The van der Waals surface area contributed by atoms with Crippen LogP contribution in [0.1, 0.15) is 77.6 Å². The van der Waals surface area contributed by atoms with E-state index >= 15 is 0 Å². The van der Waals surface area contributed by atoms with E-state index in [1.807, 2.05) is 0 Å². The van der Waals surface area contributed by atoms with E-state index in [2.05, 4.69) is 18.7 Å². The van der Waals surface area contributed by atoms with Crippen LogP contribution >= 0.6 is 11.8 Å². The van der Waals surface area contributed by atoms with Gasteiger partial charge in [0.1, 0.15) is 0 Å². The van der Waals surface area contributed by atoms with Gasteiger partial charge in [0.25, 0.3) is 0 Å². The first kappa shape index (κ1) is 11.8. The summed E-state index contributed by atoms with van der Waals surface area (Å²) < 4.78 is 0.722. The molecule has 1 heteroatoms. The van der Waals surface area contributed by atoms with Gasteiger partial charge in [0.2, 0.25) is 0 Å². The summed E-state index contributed by atoms with van der Waals surface area (Å²) in [4.78, 5) is 0. The van der Waals surface area contributed by atoms with Gasteiger partial charge in [-0.2, -0.15) is 11.8 Å². The van der Waals surface area contributed by atoms with Crippen molar-refractivity contribution in [1.82, 2.24) is 0 Å². The highest BCUT2D eigenvalue weighted by molar-refractivity contribution is 8.01. The molecule has 0 aliphatic heterocycles. The van der Waals surface area contributed by atoms with Gasteiger partial charge in [0.15, 0.2) is 0 Å². The summed E-state index contributed by atoms with van der Waals surface area (Å²) >= 11 is 2.39. The molecule has 0 heterocycles. The Hall–Kier alpha value is 0.350. The van der Waals surface area contributed by atoms with Crippen molar-refractivity contribution in [2.24, 2.45) is 0 Å². The van der Waals surface area contributed by atoms with E-state index in [9.17, 15) is 0 Å². The lowest BCUT2D eigenvalue weighted by Crippen LogP contribution is -2.32. The number of rotatable bonds is 5. The highest BCUT2D eigenvalue weighted by Gasteiger charge is 2.35. The predicted molar refractivity (Wildman–Crippen MR) is 70.6 cm³/mol. The molecule has 2 saturated carbocycles. The second-order valence-electron chi connectivity index (χ2n) is 5.52. The van der Waals surface area contributed by atoms with Crippen molar-refractivity contribution in [2.75, 3.05) is 0 Å². The summed E-state index contributed by atoms with van der Waals surface area (Å²) in [7, 11) is 0. The highest BCUT2D eigenvalue weighted by atomic mass is 32.2. The zero-order valence-electron chi connectivity index (χ0n) is 10.3. The van der Waals surface area contributed by atoms with Crippen LogP contribution in [0.3, 0.4) is 0 Å². The molecule has 0 unspecified atom stereocenters. The molecular weight excluding hydrogens is 200 g/mol. The van der Waals surface area contributed by atoms with E-state index in [4.69, 9.17) is 0 Å². The minimum atomic E-state index is 0.722. The van der Waals surface area contributed by atoms with Gasteiger partial charge in [-0.15, -0.1) is 0 Å². The lowest BCUT2D eigenvalue weighted by molar-refractivity contribution is 0.364. The first-order valence-electron chi connectivity index (χ1n) is 7.02. The van der Waals surface area contributed by atoms with Gasteiger partial charge in [0, 0.05) is 10.00 Å². The smallest absolute Gasteiger partial charge is 0.0162 e. The molecule has 2 aliphatic rings. The minimum Gasteiger partial charge on any atom is -0.152 e. The van der Waals surface area contributed by atoms with Crippen LogP contribution in [0.5, 0.6) is 0 Å². The minimum absolute atomic E-state index is 0.722. The molecule has 2 rings (SSSR count). The van der Waals surface area contributed by atoms with E-state index in [0.717, 1.165) is 10.00 Å². The Kier molecular flexibility index (Phi) is 4.42. The topological polar surface area (TPSA) is 0 Å². The summed E-state index contributed by atoms with van der Waals surface area (Å²) in [6.07, 6.45) is 16.4. The summed E-state index contributed by atoms with van der Waals surface area (Å²) in [6.45, 7) is 2.34. The van der Waals surface area contributed by atoms with E-state index in [1.54, 1.807) is 0 Å². The maximum absolute atomic E-state index is 2.39. The molecule has 0 atom stereocenters. The third-order valence-corrected chi connectivity index (χ3v) is 6.14. The highest BCUT2D eigenvalue weighted by Crippen LogP contribution is 2.49. The Morgan fingerprint density at radius 2 is 1.80 bits per heavy atom. The number of unbranched alkanes of at least 4 members (excludes halogenated alkanes) is 1. The van der Waals surface area contributed by atoms with E-state index in [1.165, 1.54) is 70.6 Å². The fraction of sp³-hybridized carbons (Fsp3) is 1.00. The fourth-order valence-electron chi connectivity index (χ4n) is 2.96. The van der Waals surface area contributed by atoms with E-state index in [-0.39, 0.29) is 0 Å². The predicted octanol–water partition coefficient (Wildman–Crippen LogP) is 5.17. The number of hydrogen-bond acceptors (Lipinski definition) is 1. The lowest BCUT2D eigenvalue weighted by atomic mass is 9.84. The van der Waals surface area contributed by atoms with Gasteiger partial charge in [0.05, 0.1) is 0 Å². The van der Waals surface area contributed by atoms with Crippen molar-refractivity contribution < 1.29 is 0 Å². The molecule has 0 aromatic heterocycles. The monoisotopic (exact) mass is 226 g/mol. The van der Waals surface area contributed by atoms with Gasteiger partial charge in [-0.1, -0.05) is 45.4 Å². The van der Waals surface area contributed by atoms with Crippen molar-refractivity contribution in [3.05, 3.63) is 0 Å². The Morgan fingerprint density at radius 1 is 1.07 bits per heavy atom. The quantitative estimate of drug-likeness (QED) is 0.623. The molecule has 88 valence electrons. The van der Waals surface area contributed by atoms with Crippen molar-refractivity contribution >= 4 is 11.8 Å². The van der Waals surface area contributed by atoms with Crippen LogP contribution in [-0.2, 0) is 0 Å². The van der Waals surface area contributed by atoms with Gasteiger partial charge < -0.3 is 0 Å². The Labute approximate surface area is 99.6 Å². The molecule has 0 bridgehead atoms. The first-order valence-corrected chi connectivity index (χ1v) is 7.90. The number of thioether (sulfide) groups is 1. The molecule has 0 radical (unpaired) electrons. The SMILES string of the molecule is CCCCC1(SC2CCC2)CCCCC1. The Morgan fingerprint density at radius 3 is 2.33 bits per heavy atom. The second-order valence-corrected chi connectivity index (χ2v) is 7.29. The fourth-order valence-corrected chi connectivity index (χ4v) is 5.03. The summed E-state index contributed by atoms with van der Waals surface area (Å²) in [6, 6.07) is 0. The molecule has 0 aromatic carbocycles. The van der Waals surface area contributed by atoms with Gasteiger partial charge in [-0.05, 0) is 32.1 Å². The van der Waals surface area contributed by atoms with Crippen LogP contribution < -0.4 is 0 Å². The van der Waals surface area contributed by atoms with Crippen molar-refractivity contribution in [1.29, 1.82) is 0 Å². The average molecular weight is 226 g/mol. The molecule has 0 amide bonds. The zero-order chi connectivity index (χ0) is 10.6.